The van der Waals surface area contributed by atoms with Crippen molar-refractivity contribution in [2.75, 3.05) is 47.8 Å². The average Bonchev–Trinajstić information content (AvgIpc) is 2.75. The van der Waals surface area contributed by atoms with Crippen molar-refractivity contribution in [1.29, 1.82) is 0 Å². The smallest absolute Gasteiger partial charge is 0.317 e. The molecule has 0 fully saturated rings. The van der Waals surface area contributed by atoms with E-state index in [0.29, 0.717) is 6.54 Å². The molecule has 0 radical (unpaired) electrons. The Morgan fingerprint density at radius 3 is 2.64 bits per heavy atom. The number of aryl methyl sites for hydroxylation is 1. The highest BCUT2D eigenvalue weighted by molar-refractivity contribution is 5.73. The van der Waals surface area contributed by atoms with E-state index in [1.165, 1.54) is 10.6 Å². The maximum atomic E-state index is 11.7. The summed E-state index contributed by atoms with van der Waals surface area (Å²) in [6, 6.07) is 2.04. The Balaban J connectivity index is 1.98. The minimum Gasteiger partial charge on any atom is -0.332 e. The van der Waals surface area contributed by atoms with Gasteiger partial charge in [-0.25, -0.2) is 4.79 Å². The van der Waals surface area contributed by atoms with Crippen molar-refractivity contribution >= 4 is 6.03 Å². The highest BCUT2D eigenvalue weighted by atomic mass is 16.2. The molecule has 25 heavy (non-hydrogen) atoms. The zero-order chi connectivity index (χ0) is 18.6. The van der Waals surface area contributed by atoms with Gasteiger partial charge >= 0.3 is 6.03 Å². The van der Waals surface area contributed by atoms with E-state index >= 15 is 0 Å². The molecule has 0 unspecified atom stereocenters. The Bertz CT molecular complexity index is 578. The first-order valence-corrected chi connectivity index (χ1v) is 9.04. The molecule has 0 saturated carbocycles. The van der Waals surface area contributed by atoms with E-state index in [-0.39, 0.29) is 11.4 Å². The standard InChI is InChI=1S/C18H34N6O/c1-18(2,13-21(3)4)14-23-8-7-9-24-16(12-23)10-15(20-24)11-19-17(25)22(5)6/h10H,7-9,11-14H2,1-6H3,(H,19,25). The fourth-order valence-corrected chi connectivity index (χ4v) is 3.65. The number of rotatable bonds is 6. The normalized spacial score (nSPS) is 15.8. The average molecular weight is 351 g/mol. The maximum absolute atomic E-state index is 11.7. The third kappa shape index (κ3) is 6.01. The van der Waals surface area contributed by atoms with Crippen LogP contribution in [0.25, 0.3) is 0 Å². The molecular weight excluding hydrogens is 316 g/mol. The Morgan fingerprint density at radius 1 is 1.28 bits per heavy atom. The van der Waals surface area contributed by atoms with Gasteiger partial charge in [-0.1, -0.05) is 13.8 Å². The molecule has 7 heteroatoms. The maximum Gasteiger partial charge on any atom is 0.317 e. The van der Waals surface area contributed by atoms with E-state index in [2.05, 4.69) is 58.9 Å². The van der Waals surface area contributed by atoms with Crippen LogP contribution in [0.5, 0.6) is 0 Å². The number of nitrogens with zero attached hydrogens (tertiary/aromatic N) is 5. The molecular formula is C18H34N6O. The summed E-state index contributed by atoms with van der Waals surface area (Å²) in [5.74, 6) is 0. The molecule has 1 N–H and O–H groups in total. The van der Waals surface area contributed by atoms with Crippen molar-refractivity contribution in [3.8, 4) is 0 Å². The largest absolute Gasteiger partial charge is 0.332 e. The molecule has 0 bridgehead atoms. The van der Waals surface area contributed by atoms with Crippen LogP contribution < -0.4 is 5.32 Å². The summed E-state index contributed by atoms with van der Waals surface area (Å²) in [7, 11) is 7.75. The Hall–Kier alpha value is -1.60. The van der Waals surface area contributed by atoms with Crippen molar-refractivity contribution < 1.29 is 4.79 Å². The molecule has 2 heterocycles. The van der Waals surface area contributed by atoms with Crippen LogP contribution in [-0.2, 0) is 19.6 Å². The predicted molar refractivity (Wildman–Crippen MR) is 100 cm³/mol. The third-order valence-corrected chi connectivity index (χ3v) is 4.37. The van der Waals surface area contributed by atoms with Crippen LogP contribution in [0.15, 0.2) is 6.07 Å². The molecule has 142 valence electrons. The summed E-state index contributed by atoms with van der Waals surface area (Å²) in [6.07, 6.45) is 1.11. The lowest BCUT2D eigenvalue weighted by Gasteiger charge is -2.34. The quantitative estimate of drug-likeness (QED) is 0.844. The van der Waals surface area contributed by atoms with Crippen molar-refractivity contribution in [3.05, 3.63) is 17.5 Å². The molecule has 2 amide bonds. The van der Waals surface area contributed by atoms with E-state index in [9.17, 15) is 4.79 Å². The minimum atomic E-state index is -0.0877. The summed E-state index contributed by atoms with van der Waals surface area (Å²) >= 11 is 0. The summed E-state index contributed by atoms with van der Waals surface area (Å²) in [5, 5.41) is 7.56. The van der Waals surface area contributed by atoms with Gasteiger partial charge in [0.15, 0.2) is 0 Å². The fourth-order valence-electron chi connectivity index (χ4n) is 3.65. The lowest BCUT2D eigenvalue weighted by atomic mass is 9.92. The zero-order valence-corrected chi connectivity index (χ0v) is 16.7. The van der Waals surface area contributed by atoms with Crippen molar-refractivity contribution in [2.24, 2.45) is 5.41 Å². The van der Waals surface area contributed by atoms with Gasteiger partial charge in [-0.2, -0.15) is 5.10 Å². The second kappa shape index (κ2) is 8.19. The number of hydrogen-bond acceptors (Lipinski definition) is 4. The molecule has 1 aliphatic rings. The number of hydrogen-bond donors (Lipinski definition) is 1. The van der Waals surface area contributed by atoms with Crippen LogP contribution in [0.4, 0.5) is 4.79 Å². The molecule has 7 nitrogen and oxygen atoms in total. The molecule has 0 saturated heterocycles. The van der Waals surface area contributed by atoms with Crippen LogP contribution in [-0.4, -0.2) is 78.3 Å². The molecule has 1 aromatic heterocycles. The second-order valence-electron chi connectivity index (χ2n) is 8.37. The number of aromatic nitrogens is 2. The lowest BCUT2D eigenvalue weighted by Crippen LogP contribution is -2.40. The van der Waals surface area contributed by atoms with Gasteiger partial charge in [-0.15, -0.1) is 0 Å². The fraction of sp³-hybridized carbons (Fsp3) is 0.778. The second-order valence-corrected chi connectivity index (χ2v) is 8.37. The van der Waals surface area contributed by atoms with Crippen molar-refractivity contribution in [2.45, 2.75) is 39.9 Å². The van der Waals surface area contributed by atoms with E-state index in [1.54, 1.807) is 14.1 Å². The third-order valence-electron chi connectivity index (χ3n) is 4.37. The van der Waals surface area contributed by atoms with Crippen LogP contribution in [0, 0.1) is 5.41 Å². The van der Waals surface area contributed by atoms with E-state index in [4.69, 9.17) is 0 Å². The molecule has 0 aliphatic carbocycles. The minimum absolute atomic E-state index is 0.0877. The van der Waals surface area contributed by atoms with E-state index < -0.39 is 0 Å². The van der Waals surface area contributed by atoms with Gasteiger partial charge in [0.25, 0.3) is 0 Å². The van der Waals surface area contributed by atoms with Gasteiger partial charge < -0.3 is 15.1 Å². The molecule has 0 atom stereocenters. The molecule has 0 spiro atoms. The summed E-state index contributed by atoms with van der Waals surface area (Å²) in [4.78, 5) is 18.0. The number of carbonyl (C=O) groups excluding carboxylic acids is 1. The Kier molecular flexibility index (Phi) is 6.46. The topological polar surface area (TPSA) is 56.6 Å². The number of fused-ring (bicyclic) bond motifs is 1. The highest BCUT2D eigenvalue weighted by Gasteiger charge is 2.25. The molecule has 1 aromatic rings. The van der Waals surface area contributed by atoms with Crippen LogP contribution >= 0.6 is 0 Å². The van der Waals surface area contributed by atoms with Crippen molar-refractivity contribution in [3.63, 3.8) is 0 Å². The zero-order valence-electron chi connectivity index (χ0n) is 16.7. The van der Waals surface area contributed by atoms with Gasteiger partial charge in [-0.05, 0) is 32.0 Å². The first-order chi connectivity index (χ1) is 11.7. The van der Waals surface area contributed by atoms with Crippen LogP contribution in [0.1, 0.15) is 31.7 Å². The highest BCUT2D eigenvalue weighted by Crippen LogP contribution is 2.22. The van der Waals surface area contributed by atoms with Gasteiger partial charge in [-0.3, -0.25) is 9.58 Å². The molecule has 1 aliphatic heterocycles. The first-order valence-electron chi connectivity index (χ1n) is 9.04. The van der Waals surface area contributed by atoms with Gasteiger partial charge in [0.2, 0.25) is 0 Å². The van der Waals surface area contributed by atoms with Crippen LogP contribution in [0.2, 0.25) is 0 Å². The summed E-state index contributed by atoms with van der Waals surface area (Å²) in [6.45, 7) is 10.3. The van der Waals surface area contributed by atoms with E-state index in [1.807, 2.05) is 0 Å². The number of amides is 2. The predicted octanol–water partition coefficient (Wildman–Crippen LogP) is 1.45. The lowest BCUT2D eigenvalue weighted by molar-refractivity contribution is 0.140. The molecule has 2 rings (SSSR count). The Morgan fingerprint density at radius 2 is 2.00 bits per heavy atom. The first kappa shape index (κ1) is 19.7. The monoisotopic (exact) mass is 350 g/mol. The van der Waals surface area contributed by atoms with Crippen molar-refractivity contribution in [1.82, 2.24) is 29.8 Å². The van der Waals surface area contributed by atoms with Gasteiger partial charge in [0.1, 0.15) is 0 Å². The summed E-state index contributed by atoms with van der Waals surface area (Å²) in [5.41, 5.74) is 2.42. The summed E-state index contributed by atoms with van der Waals surface area (Å²) < 4.78 is 2.11. The number of urea groups is 1. The SMILES string of the molecule is CN(C)CC(C)(C)CN1CCCn2nc(CNC(=O)N(C)C)cc2C1. The number of nitrogens with one attached hydrogen (secondary N) is 1. The molecule has 0 aromatic carbocycles. The number of carbonyl (C=O) groups is 1. The Labute approximate surface area is 151 Å². The van der Waals surface area contributed by atoms with Gasteiger partial charge in [0, 0.05) is 46.8 Å². The van der Waals surface area contributed by atoms with Gasteiger partial charge in [0.05, 0.1) is 17.9 Å². The van der Waals surface area contributed by atoms with Crippen LogP contribution in [0.3, 0.4) is 0 Å². The van der Waals surface area contributed by atoms with E-state index in [0.717, 1.165) is 44.8 Å².